The minimum absolute atomic E-state index is 0.0158. The van der Waals surface area contributed by atoms with Crippen LogP contribution >= 0.6 is 15.9 Å². The third-order valence-corrected chi connectivity index (χ3v) is 6.91. The minimum Gasteiger partial charge on any atom is -0.503 e. The Kier molecular flexibility index (Phi) is 7.51. The van der Waals surface area contributed by atoms with Crippen molar-refractivity contribution in [3.8, 4) is 11.5 Å². The van der Waals surface area contributed by atoms with Crippen molar-refractivity contribution in [1.29, 1.82) is 0 Å². The summed E-state index contributed by atoms with van der Waals surface area (Å²) in [5.41, 5.74) is 3.54. The van der Waals surface area contributed by atoms with E-state index in [1.807, 2.05) is 37.3 Å². The van der Waals surface area contributed by atoms with Crippen LogP contribution in [-0.2, 0) is 20.7 Å². The van der Waals surface area contributed by atoms with Crippen molar-refractivity contribution in [2.45, 2.75) is 45.4 Å². The van der Waals surface area contributed by atoms with Crippen LogP contribution in [0, 0.1) is 5.92 Å². The number of ketones is 1. The molecule has 2 aliphatic rings. The van der Waals surface area contributed by atoms with Crippen LogP contribution in [0.25, 0.3) is 0 Å². The Morgan fingerprint density at radius 3 is 2.68 bits per heavy atom. The summed E-state index contributed by atoms with van der Waals surface area (Å²) in [5, 5.41) is 10.4. The largest absolute Gasteiger partial charge is 0.503 e. The monoisotopic (exact) mass is 525 g/mol. The van der Waals surface area contributed by atoms with Gasteiger partial charge < -0.3 is 14.6 Å². The number of halogens is 1. The van der Waals surface area contributed by atoms with Crippen LogP contribution in [0.1, 0.15) is 50.2 Å². The summed E-state index contributed by atoms with van der Waals surface area (Å²) in [5.74, 6) is -1.20. The number of aliphatic imine (C=N–C) groups is 1. The van der Waals surface area contributed by atoms with E-state index < -0.39 is 17.8 Å². The van der Waals surface area contributed by atoms with Gasteiger partial charge in [-0.2, -0.15) is 0 Å². The van der Waals surface area contributed by atoms with E-state index in [-0.39, 0.29) is 18.1 Å². The first-order valence-electron chi connectivity index (χ1n) is 11.6. The Bertz CT molecular complexity index is 1160. The second kappa shape index (κ2) is 10.6. The number of phenolic OH excluding ortho intramolecular Hbond substituents is 1. The summed E-state index contributed by atoms with van der Waals surface area (Å²) in [4.78, 5) is 31.2. The maximum Gasteiger partial charge on any atom is 0.336 e. The van der Waals surface area contributed by atoms with Gasteiger partial charge in [-0.05, 0) is 65.9 Å². The molecule has 1 heterocycles. The number of phenols is 1. The lowest BCUT2D eigenvalue weighted by atomic mass is 9.69. The number of hydrogen-bond donors (Lipinski definition) is 1. The van der Waals surface area contributed by atoms with Gasteiger partial charge in [0.1, 0.15) is 5.78 Å². The normalized spacial score (nSPS) is 20.0. The van der Waals surface area contributed by atoms with E-state index in [4.69, 9.17) is 9.47 Å². The van der Waals surface area contributed by atoms with Gasteiger partial charge in [-0.15, -0.1) is 0 Å². The standard InChI is InChI=1S/C27H28BrNO5/c1-3-33-22-15-18(14-19(28)26(22)31)24-23(16(2)29-20-10-7-11-21(30)25(20)24)27(32)34-13-12-17-8-5-4-6-9-17/h4-6,8-9,14-15,24-25,31H,3,7,10-13H2,1-2H3/t24-,25?/m0/s1. The van der Waals surface area contributed by atoms with Crippen LogP contribution in [-0.4, -0.2) is 35.8 Å². The molecule has 1 saturated carbocycles. The predicted octanol–water partition coefficient (Wildman–Crippen LogP) is 5.52. The smallest absolute Gasteiger partial charge is 0.336 e. The number of carbonyl (C=O) groups is 2. The number of rotatable bonds is 7. The molecule has 34 heavy (non-hydrogen) atoms. The average Bonchev–Trinajstić information content (AvgIpc) is 2.82. The van der Waals surface area contributed by atoms with Gasteiger partial charge in [0.2, 0.25) is 0 Å². The molecule has 2 atom stereocenters. The molecule has 0 spiro atoms. The summed E-state index contributed by atoms with van der Waals surface area (Å²) in [7, 11) is 0. The van der Waals surface area contributed by atoms with E-state index in [0.717, 1.165) is 24.1 Å². The van der Waals surface area contributed by atoms with Gasteiger partial charge >= 0.3 is 5.97 Å². The lowest BCUT2D eigenvalue weighted by Gasteiger charge is -2.35. The van der Waals surface area contributed by atoms with Crippen molar-refractivity contribution in [2.24, 2.45) is 10.9 Å². The molecule has 1 aliphatic heterocycles. The van der Waals surface area contributed by atoms with Crippen molar-refractivity contribution >= 4 is 33.4 Å². The molecule has 1 aliphatic carbocycles. The summed E-state index contributed by atoms with van der Waals surface area (Å²) < 4.78 is 11.7. The van der Waals surface area contributed by atoms with Gasteiger partial charge in [-0.3, -0.25) is 9.79 Å². The Morgan fingerprint density at radius 2 is 1.94 bits per heavy atom. The zero-order chi connectivity index (χ0) is 24.2. The number of aromatic hydroxyl groups is 1. The summed E-state index contributed by atoms with van der Waals surface area (Å²) in [6, 6.07) is 13.3. The number of hydrogen-bond acceptors (Lipinski definition) is 6. The molecule has 1 unspecified atom stereocenters. The van der Waals surface area contributed by atoms with E-state index in [1.54, 1.807) is 19.1 Å². The Balaban J connectivity index is 1.71. The van der Waals surface area contributed by atoms with Gasteiger partial charge in [0, 0.05) is 30.2 Å². The SMILES string of the molecule is CCOc1cc([C@H]2C(C(=O)OCCc3ccccc3)=C(C)N=C3CCCC(=O)C32)cc(Br)c1O. The maximum atomic E-state index is 13.4. The average molecular weight is 526 g/mol. The maximum absolute atomic E-state index is 13.4. The van der Waals surface area contributed by atoms with Crippen LogP contribution < -0.4 is 4.74 Å². The number of carbonyl (C=O) groups excluding carboxylic acids is 2. The fraction of sp³-hybridized carbons (Fsp3) is 0.370. The van der Waals surface area contributed by atoms with Crippen molar-refractivity contribution in [2.75, 3.05) is 13.2 Å². The van der Waals surface area contributed by atoms with E-state index in [9.17, 15) is 14.7 Å². The number of ether oxygens (including phenoxy) is 2. The van der Waals surface area contributed by atoms with Crippen LogP contribution in [0.2, 0.25) is 0 Å². The molecule has 1 fully saturated rings. The molecule has 2 aromatic rings. The molecule has 0 amide bonds. The van der Waals surface area contributed by atoms with Gasteiger partial charge in [-0.1, -0.05) is 30.3 Å². The Labute approximate surface area is 207 Å². The van der Waals surface area contributed by atoms with E-state index >= 15 is 0 Å². The molecule has 1 N–H and O–H groups in total. The Morgan fingerprint density at radius 1 is 1.18 bits per heavy atom. The molecular weight excluding hydrogens is 498 g/mol. The first-order valence-corrected chi connectivity index (χ1v) is 12.4. The zero-order valence-corrected chi connectivity index (χ0v) is 20.9. The first-order chi connectivity index (χ1) is 16.4. The van der Waals surface area contributed by atoms with Crippen molar-refractivity contribution in [3.63, 3.8) is 0 Å². The summed E-state index contributed by atoms with van der Waals surface area (Å²) in [6.45, 7) is 4.22. The van der Waals surface area contributed by atoms with Gasteiger partial charge in [-0.25, -0.2) is 4.79 Å². The van der Waals surface area contributed by atoms with E-state index in [1.165, 1.54) is 0 Å². The van der Waals surface area contributed by atoms with E-state index in [2.05, 4.69) is 20.9 Å². The molecule has 0 saturated heterocycles. The molecule has 6 nitrogen and oxygen atoms in total. The molecule has 7 heteroatoms. The fourth-order valence-corrected chi connectivity index (χ4v) is 5.23. The van der Waals surface area contributed by atoms with E-state index in [0.29, 0.717) is 46.5 Å². The number of nitrogens with zero attached hydrogens (tertiary/aromatic N) is 1. The second-order valence-electron chi connectivity index (χ2n) is 8.53. The van der Waals surface area contributed by atoms with Crippen LogP contribution in [0.4, 0.5) is 0 Å². The Hall–Kier alpha value is -2.93. The third kappa shape index (κ3) is 4.94. The van der Waals surface area contributed by atoms with Crippen LogP contribution in [0.5, 0.6) is 11.5 Å². The highest BCUT2D eigenvalue weighted by atomic mass is 79.9. The first kappa shape index (κ1) is 24.2. The zero-order valence-electron chi connectivity index (χ0n) is 19.3. The van der Waals surface area contributed by atoms with Crippen molar-refractivity contribution in [1.82, 2.24) is 0 Å². The number of esters is 1. The third-order valence-electron chi connectivity index (χ3n) is 6.30. The topological polar surface area (TPSA) is 85.2 Å². The molecule has 178 valence electrons. The number of benzene rings is 2. The predicted molar refractivity (Wildman–Crippen MR) is 133 cm³/mol. The number of Topliss-reactive ketones (excluding diaryl/α,β-unsaturated/α-hetero) is 1. The minimum atomic E-state index is -0.555. The lowest BCUT2D eigenvalue weighted by molar-refractivity contribution is -0.139. The van der Waals surface area contributed by atoms with Crippen LogP contribution in [0.3, 0.4) is 0 Å². The van der Waals surface area contributed by atoms with Crippen molar-refractivity contribution in [3.05, 3.63) is 69.3 Å². The molecule has 0 radical (unpaired) electrons. The molecule has 0 aromatic heterocycles. The van der Waals surface area contributed by atoms with Crippen molar-refractivity contribution < 1.29 is 24.2 Å². The highest BCUT2D eigenvalue weighted by molar-refractivity contribution is 9.10. The lowest BCUT2D eigenvalue weighted by Crippen LogP contribution is -2.39. The fourth-order valence-electron chi connectivity index (χ4n) is 4.77. The highest BCUT2D eigenvalue weighted by Crippen LogP contribution is 2.46. The quantitative estimate of drug-likeness (QED) is 0.481. The second-order valence-corrected chi connectivity index (χ2v) is 9.39. The molecule has 4 rings (SSSR count). The van der Waals surface area contributed by atoms with Gasteiger partial charge in [0.15, 0.2) is 11.5 Å². The summed E-state index contributed by atoms with van der Waals surface area (Å²) >= 11 is 3.40. The molecular formula is C27H28BrNO5. The van der Waals surface area contributed by atoms with Gasteiger partial charge in [0.05, 0.1) is 29.2 Å². The van der Waals surface area contributed by atoms with Crippen LogP contribution in [0.15, 0.2) is 63.2 Å². The molecule has 0 bridgehead atoms. The molecule has 2 aromatic carbocycles. The van der Waals surface area contributed by atoms with Gasteiger partial charge in [0.25, 0.3) is 0 Å². The summed E-state index contributed by atoms with van der Waals surface area (Å²) in [6.07, 6.45) is 2.53. The number of fused-ring (bicyclic) bond motifs is 1. The number of allylic oxidation sites excluding steroid dienone is 1. The highest BCUT2D eigenvalue weighted by Gasteiger charge is 2.44.